The van der Waals surface area contributed by atoms with Gasteiger partial charge in [-0.15, -0.1) is 0 Å². The number of rotatable bonds is 7. The van der Waals surface area contributed by atoms with Crippen LogP contribution in [0.1, 0.15) is 22.3 Å². The fourth-order valence-corrected chi connectivity index (χ4v) is 3.92. The summed E-state index contributed by atoms with van der Waals surface area (Å²) >= 11 is 5.48. The van der Waals surface area contributed by atoms with Gasteiger partial charge in [0, 0.05) is 11.3 Å². The van der Waals surface area contributed by atoms with Gasteiger partial charge in [-0.05, 0) is 60.2 Å². The van der Waals surface area contributed by atoms with Crippen molar-refractivity contribution in [3.05, 3.63) is 102 Å². The van der Waals surface area contributed by atoms with Crippen molar-refractivity contribution in [2.45, 2.75) is 19.0 Å². The normalized spacial score (nSPS) is 15.3. The highest BCUT2D eigenvalue weighted by molar-refractivity contribution is 7.80. The van der Waals surface area contributed by atoms with Gasteiger partial charge in [0.05, 0.1) is 13.0 Å². The average molecular weight is 495 g/mol. The maximum Gasteiger partial charge on any atom is 0.269 e. The molecular weight excluding hydrogens is 474 g/mol. The minimum Gasteiger partial charge on any atom is -0.326 e. The Balaban J connectivity index is 1.56. The van der Waals surface area contributed by atoms with E-state index in [1.165, 1.54) is 47.4 Å². The van der Waals surface area contributed by atoms with E-state index < -0.39 is 35.4 Å². The van der Waals surface area contributed by atoms with E-state index >= 15 is 0 Å². The fourth-order valence-electron chi connectivity index (χ4n) is 3.59. The number of carbonyl (C=O) groups excluding carboxylic acids is 3. The first-order valence-electron chi connectivity index (χ1n) is 10.6. The molecule has 1 saturated heterocycles. The first-order valence-corrected chi connectivity index (χ1v) is 11.0. The molecule has 3 aromatic rings. The van der Waals surface area contributed by atoms with Crippen molar-refractivity contribution in [1.82, 2.24) is 15.3 Å². The van der Waals surface area contributed by atoms with Crippen LogP contribution >= 0.6 is 12.2 Å². The van der Waals surface area contributed by atoms with Crippen LogP contribution in [0.4, 0.5) is 14.5 Å². The van der Waals surface area contributed by atoms with E-state index in [1.54, 1.807) is 0 Å². The van der Waals surface area contributed by atoms with Crippen molar-refractivity contribution in [3.8, 4) is 0 Å². The number of nitrogens with one attached hydrogen (secondary N) is 2. The van der Waals surface area contributed by atoms with Gasteiger partial charge in [0.2, 0.25) is 5.91 Å². The average Bonchev–Trinajstić information content (AvgIpc) is 3.05. The largest absolute Gasteiger partial charge is 0.326 e. The van der Waals surface area contributed by atoms with E-state index in [4.69, 9.17) is 12.2 Å². The van der Waals surface area contributed by atoms with Crippen LogP contribution < -0.4 is 10.7 Å². The summed E-state index contributed by atoms with van der Waals surface area (Å²) in [6.45, 7) is 0.140. The zero-order valence-electron chi connectivity index (χ0n) is 18.3. The van der Waals surface area contributed by atoms with E-state index in [0.717, 1.165) is 16.6 Å². The number of carbonyl (C=O) groups is 3. The number of anilines is 1. The topological polar surface area (TPSA) is 81.8 Å². The minimum atomic E-state index is -1.14. The first kappa shape index (κ1) is 24.0. The summed E-state index contributed by atoms with van der Waals surface area (Å²) in [5.74, 6) is -2.76. The Morgan fingerprint density at radius 1 is 0.914 bits per heavy atom. The van der Waals surface area contributed by atoms with E-state index in [1.807, 2.05) is 30.3 Å². The summed E-state index contributed by atoms with van der Waals surface area (Å²) in [6, 6.07) is 18.2. The molecule has 1 heterocycles. The fraction of sp³-hybridized carbons (Fsp3) is 0.120. The highest BCUT2D eigenvalue weighted by Crippen LogP contribution is 2.23. The Morgan fingerprint density at radius 2 is 1.63 bits per heavy atom. The predicted molar refractivity (Wildman–Crippen MR) is 129 cm³/mol. The van der Waals surface area contributed by atoms with Gasteiger partial charge in [0.25, 0.3) is 11.8 Å². The van der Waals surface area contributed by atoms with Gasteiger partial charge in [0.1, 0.15) is 17.7 Å². The third-order valence-corrected chi connectivity index (χ3v) is 5.72. The molecule has 2 N–H and O–H groups in total. The van der Waals surface area contributed by atoms with Crippen LogP contribution in [0.2, 0.25) is 0 Å². The zero-order valence-corrected chi connectivity index (χ0v) is 19.1. The van der Waals surface area contributed by atoms with Crippen LogP contribution in [0.5, 0.6) is 0 Å². The van der Waals surface area contributed by atoms with Gasteiger partial charge < -0.3 is 5.32 Å². The van der Waals surface area contributed by atoms with Crippen molar-refractivity contribution < 1.29 is 23.2 Å². The lowest BCUT2D eigenvalue weighted by atomic mass is 10.1. The summed E-state index contributed by atoms with van der Waals surface area (Å²) in [6.07, 6.45) is -0.342. The molecule has 10 heteroatoms. The summed E-state index contributed by atoms with van der Waals surface area (Å²) in [5, 5.41) is 3.75. The summed E-state index contributed by atoms with van der Waals surface area (Å²) in [7, 11) is 0. The van der Waals surface area contributed by atoms with Crippen LogP contribution in [-0.4, -0.2) is 38.8 Å². The molecular formula is C25H20F2N4O3S. The predicted octanol–water partition coefficient (Wildman–Crippen LogP) is 3.64. The van der Waals surface area contributed by atoms with Crippen LogP contribution in [0, 0.1) is 11.6 Å². The molecule has 0 aromatic heterocycles. The molecule has 1 atom stereocenters. The minimum absolute atomic E-state index is 0.00295. The second-order valence-electron chi connectivity index (χ2n) is 7.79. The van der Waals surface area contributed by atoms with E-state index in [2.05, 4.69) is 10.7 Å². The van der Waals surface area contributed by atoms with Gasteiger partial charge in [-0.2, -0.15) is 0 Å². The maximum absolute atomic E-state index is 13.6. The zero-order chi connectivity index (χ0) is 24.9. The molecule has 35 heavy (non-hydrogen) atoms. The maximum atomic E-state index is 13.6. The Morgan fingerprint density at radius 3 is 2.31 bits per heavy atom. The van der Waals surface area contributed by atoms with Crippen LogP contribution in [0.15, 0.2) is 78.9 Å². The number of benzene rings is 3. The Hall–Kier alpha value is -4.18. The van der Waals surface area contributed by atoms with E-state index in [-0.39, 0.29) is 23.6 Å². The molecule has 7 nitrogen and oxygen atoms in total. The highest BCUT2D eigenvalue weighted by atomic mass is 32.1. The third kappa shape index (κ3) is 5.67. The highest BCUT2D eigenvalue weighted by Gasteiger charge is 2.44. The van der Waals surface area contributed by atoms with Gasteiger partial charge in [0.15, 0.2) is 5.11 Å². The molecule has 1 aliphatic rings. The molecule has 0 saturated carbocycles. The van der Waals surface area contributed by atoms with E-state index in [9.17, 15) is 23.2 Å². The monoisotopic (exact) mass is 494 g/mol. The van der Waals surface area contributed by atoms with Crippen molar-refractivity contribution in [2.75, 3.05) is 5.32 Å². The SMILES string of the molecule is O=C(CC1C(=O)N(Cc2ccccc2)C(=S)N1NC(=O)c1cccc(F)c1)Nc1ccc(F)cc1. The second kappa shape index (κ2) is 10.4. The number of halogens is 2. The van der Waals surface area contributed by atoms with Gasteiger partial charge in [-0.1, -0.05) is 36.4 Å². The van der Waals surface area contributed by atoms with Crippen LogP contribution in [0.25, 0.3) is 0 Å². The van der Waals surface area contributed by atoms with Gasteiger partial charge in [-0.25, -0.2) is 13.8 Å². The first-order chi connectivity index (χ1) is 16.8. The third-order valence-electron chi connectivity index (χ3n) is 5.30. The van der Waals surface area contributed by atoms with Crippen LogP contribution in [0.3, 0.4) is 0 Å². The van der Waals surface area contributed by atoms with Crippen molar-refractivity contribution in [3.63, 3.8) is 0 Å². The lowest BCUT2D eigenvalue weighted by Crippen LogP contribution is -2.49. The van der Waals surface area contributed by atoms with Crippen molar-refractivity contribution in [1.29, 1.82) is 0 Å². The molecule has 1 aliphatic heterocycles. The lowest BCUT2D eigenvalue weighted by molar-refractivity contribution is -0.131. The summed E-state index contributed by atoms with van der Waals surface area (Å²) in [5.41, 5.74) is 3.71. The van der Waals surface area contributed by atoms with E-state index in [0.29, 0.717) is 5.69 Å². The molecule has 3 amide bonds. The molecule has 0 spiro atoms. The number of thiocarbonyl (C=S) groups is 1. The summed E-state index contributed by atoms with van der Waals surface area (Å²) in [4.78, 5) is 40.1. The van der Waals surface area contributed by atoms with Gasteiger partial charge in [-0.3, -0.25) is 24.7 Å². The van der Waals surface area contributed by atoms with Crippen molar-refractivity contribution in [2.24, 2.45) is 0 Å². The molecule has 4 rings (SSSR count). The van der Waals surface area contributed by atoms with Crippen LogP contribution in [-0.2, 0) is 16.1 Å². The lowest BCUT2D eigenvalue weighted by Gasteiger charge is -2.24. The van der Waals surface area contributed by atoms with Gasteiger partial charge >= 0.3 is 0 Å². The molecule has 0 radical (unpaired) electrons. The molecule has 178 valence electrons. The molecule has 1 fully saturated rings. The molecule has 1 unspecified atom stereocenters. The number of hydrogen-bond donors (Lipinski definition) is 2. The molecule has 3 aromatic carbocycles. The second-order valence-corrected chi connectivity index (χ2v) is 8.15. The number of hydrogen-bond acceptors (Lipinski definition) is 4. The summed E-state index contributed by atoms with van der Waals surface area (Å²) < 4.78 is 26.8. The smallest absolute Gasteiger partial charge is 0.269 e. The Bertz CT molecular complexity index is 1270. The number of hydrazine groups is 1. The van der Waals surface area contributed by atoms with Crippen molar-refractivity contribution >= 4 is 40.7 Å². The molecule has 0 bridgehead atoms. The Kier molecular flexibility index (Phi) is 7.11. The number of nitrogens with zero attached hydrogens (tertiary/aromatic N) is 2. The standard InChI is InChI=1S/C25H20F2N4O3S/c26-18-9-11-20(12-10-18)28-22(32)14-21-24(34)30(15-16-5-2-1-3-6-16)25(35)31(21)29-23(33)17-7-4-8-19(27)13-17/h1-13,21H,14-15H2,(H,28,32)(H,29,33). The number of amides is 3. The quantitative estimate of drug-likeness (QED) is 0.491. The molecule has 0 aliphatic carbocycles. The Labute approximate surface area is 205 Å².